The Labute approximate surface area is 224 Å². The number of ether oxygens (including phenoxy) is 2. The fraction of sp³-hybridized carbons (Fsp3) is 0.241. The van der Waals surface area contributed by atoms with Crippen molar-refractivity contribution in [3.63, 3.8) is 0 Å². The van der Waals surface area contributed by atoms with Crippen molar-refractivity contribution in [2.24, 2.45) is 0 Å². The number of carbonyl (C=O) groups excluding carboxylic acids is 3. The molecule has 1 fully saturated rings. The minimum atomic E-state index is -0.997. The number of ketones is 2. The van der Waals surface area contributed by atoms with E-state index in [4.69, 9.17) is 9.47 Å². The number of aromatic nitrogens is 1. The monoisotopic (exact) mass is 532 g/mol. The first-order chi connectivity index (χ1) is 18.3. The Morgan fingerprint density at radius 1 is 1.16 bits per heavy atom. The molecule has 3 aromatic rings. The molecule has 4 rings (SSSR count). The lowest BCUT2D eigenvalue weighted by molar-refractivity contribution is -0.132. The molecule has 1 saturated heterocycles. The van der Waals surface area contributed by atoms with Crippen LogP contribution in [0.1, 0.15) is 52.8 Å². The van der Waals surface area contributed by atoms with Crippen molar-refractivity contribution in [3.05, 3.63) is 88.5 Å². The van der Waals surface area contributed by atoms with Gasteiger partial charge in [0, 0.05) is 12.5 Å². The molecule has 1 aliphatic rings. The number of thiazole rings is 1. The Morgan fingerprint density at radius 2 is 1.89 bits per heavy atom. The third kappa shape index (κ3) is 5.24. The number of aryl methyl sites for hydroxylation is 1. The van der Waals surface area contributed by atoms with Gasteiger partial charge in [0.25, 0.3) is 5.78 Å². The van der Waals surface area contributed by atoms with Crippen molar-refractivity contribution in [3.8, 4) is 11.5 Å². The van der Waals surface area contributed by atoms with E-state index in [0.717, 1.165) is 17.8 Å². The fourth-order valence-corrected chi connectivity index (χ4v) is 5.16. The van der Waals surface area contributed by atoms with Crippen LogP contribution >= 0.6 is 11.3 Å². The Bertz CT molecular complexity index is 1420. The van der Waals surface area contributed by atoms with Gasteiger partial charge < -0.3 is 14.6 Å². The number of Topliss-reactive ketones (excluding diaryl/α,β-unsaturated/α-hetero) is 2. The molecule has 2 heterocycles. The van der Waals surface area contributed by atoms with Crippen molar-refractivity contribution >= 4 is 39.7 Å². The van der Waals surface area contributed by atoms with E-state index in [1.807, 2.05) is 6.92 Å². The first-order valence-electron chi connectivity index (χ1n) is 12.1. The SMILES string of the molecule is C=CCOc1cccc(C2/C(=C(\O)c3ccc(OCCC)cc3)C(=O)C(=O)N2c2nc(C)c(C(C)=O)s2)c1. The molecule has 196 valence electrons. The minimum Gasteiger partial charge on any atom is -0.507 e. The van der Waals surface area contributed by atoms with Crippen LogP contribution in [0.15, 0.2) is 66.8 Å². The Kier molecular flexibility index (Phi) is 8.07. The van der Waals surface area contributed by atoms with E-state index < -0.39 is 17.7 Å². The van der Waals surface area contributed by atoms with Gasteiger partial charge in [-0.25, -0.2) is 4.98 Å². The van der Waals surface area contributed by atoms with Crippen LogP contribution in [0.2, 0.25) is 0 Å². The molecule has 0 aliphatic carbocycles. The van der Waals surface area contributed by atoms with Crippen molar-refractivity contribution in [2.75, 3.05) is 18.1 Å². The van der Waals surface area contributed by atoms with Crippen LogP contribution in [0.5, 0.6) is 11.5 Å². The first kappa shape index (κ1) is 26.8. The number of benzene rings is 2. The summed E-state index contributed by atoms with van der Waals surface area (Å²) in [5, 5.41) is 11.5. The fourth-order valence-electron chi connectivity index (χ4n) is 4.17. The van der Waals surface area contributed by atoms with Crippen LogP contribution in [0.3, 0.4) is 0 Å². The maximum atomic E-state index is 13.4. The van der Waals surface area contributed by atoms with E-state index in [1.165, 1.54) is 11.8 Å². The molecule has 8 nitrogen and oxygen atoms in total. The zero-order valence-corrected chi connectivity index (χ0v) is 22.2. The van der Waals surface area contributed by atoms with E-state index >= 15 is 0 Å². The number of hydrogen-bond donors (Lipinski definition) is 1. The van der Waals surface area contributed by atoms with Crippen LogP contribution in [-0.2, 0) is 9.59 Å². The summed E-state index contributed by atoms with van der Waals surface area (Å²) in [6.07, 6.45) is 2.45. The van der Waals surface area contributed by atoms with Crippen LogP contribution < -0.4 is 14.4 Å². The van der Waals surface area contributed by atoms with E-state index in [0.29, 0.717) is 39.8 Å². The van der Waals surface area contributed by atoms with Gasteiger partial charge in [-0.05, 0) is 55.3 Å². The number of amides is 1. The molecule has 0 radical (unpaired) electrons. The Balaban J connectivity index is 1.87. The molecule has 1 aromatic heterocycles. The van der Waals surface area contributed by atoms with Gasteiger partial charge in [0.05, 0.1) is 28.8 Å². The van der Waals surface area contributed by atoms with Gasteiger partial charge >= 0.3 is 5.91 Å². The van der Waals surface area contributed by atoms with Gasteiger partial charge in [0.15, 0.2) is 10.9 Å². The first-order valence-corrected chi connectivity index (χ1v) is 12.9. The molecule has 0 saturated carbocycles. The lowest BCUT2D eigenvalue weighted by atomic mass is 9.95. The minimum absolute atomic E-state index is 0.0877. The molecule has 38 heavy (non-hydrogen) atoms. The van der Waals surface area contributed by atoms with Crippen molar-refractivity contribution in [1.82, 2.24) is 4.98 Å². The second-order valence-corrected chi connectivity index (χ2v) is 9.66. The molecule has 1 atom stereocenters. The zero-order valence-electron chi connectivity index (χ0n) is 21.4. The third-order valence-electron chi connectivity index (χ3n) is 5.90. The number of anilines is 1. The number of rotatable bonds is 10. The second kappa shape index (κ2) is 11.4. The number of nitrogens with zero attached hydrogens (tertiary/aromatic N) is 2. The summed E-state index contributed by atoms with van der Waals surface area (Å²) >= 11 is 1.03. The summed E-state index contributed by atoms with van der Waals surface area (Å²) < 4.78 is 11.3. The highest BCUT2D eigenvalue weighted by molar-refractivity contribution is 7.18. The second-order valence-electron chi connectivity index (χ2n) is 8.68. The molecular formula is C29H28N2O6S. The molecule has 1 unspecified atom stereocenters. The van der Waals surface area contributed by atoms with E-state index in [-0.39, 0.29) is 28.9 Å². The molecule has 1 aliphatic heterocycles. The van der Waals surface area contributed by atoms with Gasteiger partial charge in [0.2, 0.25) is 0 Å². The van der Waals surface area contributed by atoms with Crippen molar-refractivity contribution in [2.45, 2.75) is 33.2 Å². The highest BCUT2D eigenvalue weighted by Crippen LogP contribution is 2.44. The predicted molar refractivity (Wildman–Crippen MR) is 146 cm³/mol. The number of aliphatic hydroxyl groups excluding tert-OH is 1. The Morgan fingerprint density at radius 3 is 2.53 bits per heavy atom. The summed E-state index contributed by atoms with van der Waals surface area (Å²) in [5.41, 5.74) is 1.27. The molecule has 0 bridgehead atoms. The number of aliphatic hydroxyl groups is 1. The topological polar surface area (TPSA) is 106 Å². The summed E-state index contributed by atoms with van der Waals surface area (Å²) in [4.78, 5) is 45.0. The standard InChI is InChI=1S/C29H28N2O6S/c1-5-14-36-21-12-10-19(11-13-21)25(33)23-24(20-8-7-9-22(16-20)37-15-6-2)31(28(35)26(23)34)29-30-17(3)27(38-29)18(4)32/h6-13,16,24,33H,2,5,14-15H2,1,3-4H3/b25-23+. The normalized spacial score (nSPS) is 16.5. The molecule has 1 N–H and O–H groups in total. The van der Waals surface area contributed by atoms with Gasteiger partial charge in [-0.3, -0.25) is 19.3 Å². The van der Waals surface area contributed by atoms with Gasteiger partial charge in [0.1, 0.15) is 23.9 Å². The van der Waals surface area contributed by atoms with E-state index in [9.17, 15) is 19.5 Å². The molecule has 0 spiro atoms. The van der Waals surface area contributed by atoms with Crippen LogP contribution in [-0.4, -0.2) is 40.8 Å². The predicted octanol–water partition coefficient (Wildman–Crippen LogP) is 5.63. The maximum absolute atomic E-state index is 13.4. The zero-order chi connectivity index (χ0) is 27.4. The van der Waals surface area contributed by atoms with Crippen molar-refractivity contribution < 1.29 is 29.0 Å². The molecular weight excluding hydrogens is 504 g/mol. The number of hydrogen-bond acceptors (Lipinski definition) is 8. The summed E-state index contributed by atoms with van der Waals surface area (Å²) in [7, 11) is 0. The summed E-state index contributed by atoms with van der Waals surface area (Å²) in [5.74, 6) is -1.08. The van der Waals surface area contributed by atoms with Gasteiger partial charge in [-0.15, -0.1) is 0 Å². The largest absolute Gasteiger partial charge is 0.507 e. The summed E-state index contributed by atoms with van der Waals surface area (Å²) in [6.45, 7) is 9.57. The van der Waals surface area contributed by atoms with Gasteiger partial charge in [-0.2, -0.15) is 0 Å². The van der Waals surface area contributed by atoms with Crippen LogP contribution in [0, 0.1) is 6.92 Å². The molecule has 2 aromatic carbocycles. The lowest BCUT2D eigenvalue weighted by Crippen LogP contribution is -2.29. The third-order valence-corrected chi connectivity index (χ3v) is 7.16. The quantitative estimate of drug-likeness (QED) is 0.119. The number of carbonyl (C=O) groups is 3. The molecule has 9 heteroatoms. The molecule has 1 amide bonds. The van der Waals surface area contributed by atoms with Crippen LogP contribution in [0.25, 0.3) is 5.76 Å². The van der Waals surface area contributed by atoms with Crippen LogP contribution in [0.4, 0.5) is 5.13 Å². The summed E-state index contributed by atoms with van der Waals surface area (Å²) in [6, 6.07) is 12.6. The average molecular weight is 533 g/mol. The van der Waals surface area contributed by atoms with E-state index in [2.05, 4.69) is 11.6 Å². The smallest absolute Gasteiger partial charge is 0.301 e. The Hall–Kier alpha value is -4.24. The highest BCUT2D eigenvalue weighted by atomic mass is 32.1. The average Bonchev–Trinajstić information content (AvgIpc) is 3.43. The van der Waals surface area contributed by atoms with E-state index in [1.54, 1.807) is 61.5 Å². The van der Waals surface area contributed by atoms with Crippen molar-refractivity contribution in [1.29, 1.82) is 0 Å². The highest BCUT2D eigenvalue weighted by Gasteiger charge is 2.48. The van der Waals surface area contributed by atoms with Gasteiger partial charge in [-0.1, -0.05) is 43.0 Å². The lowest BCUT2D eigenvalue weighted by Gasteiger charge is -2.23. The maximum Gasteiger partial charge on any atom is 0.301 e.